The number of aromatic nitrogens is 1. The Morgan fingerprint density at radius 1 is 0.886 bits per heavy atom. The fraction of sp³-hybridized carbons (Fsp3) is 0.179. The van der Waals surface area contributed by atoms with Crippen LogP contribution < -0.4 is 4.74 Å². The van der Waals surface area contributed by atoms with Gasteiger partial charge in [0.05, 0.1) is 29.9 Å². The van der Waals surface area contributed by atoms with Gasteiger partial charge in [-0.15, -0.1) is 0 Å². The van der Waals surface area contributed by atoms with E-state index < -0.39 is 15.8 Å². The second-order valence-electron chi connectivity index (χ2n) is 8.16. The molecule has 3 aromatic carbocycles. The highest BCUT2D eigenvalue weighted by atomic mass is 32.2. The number of carbonyl (C=O) groups is 1. The van der Waals surface area contributed by atoms with Gasteiger partial charge in [0.2, 0.25) is 0 Å². The van der Waals surface area contributed by atoms with Crippen molar-refractivity contribution in [1.29, 1.82) is 0 Å². The molecule has 0 aliphatic carbocycles. The topological polar surface area (TPSA) is 74.6 Å². The number of benzene rings is 3. The Morgan fingerprint density at radius 2 is 1.49 bits per heavy atom. The van der Waals surface area contributed by atoms with Crippen molar-refractivity contribution in [2.24, 2.45) is 0 Å². The Morgan fingerprint density at radius 3 is 2.06 bits per heavy atom. The summed E-state index contributed by atoms with van der Waals surface area (Å²) in [5.74, 6) is 0.376. The highest BCUT2D eigenvalue weighted by Crippen LogP contribution is 2.32. The molecule has 180 valence electrons. The van der Waals surface area contributed by atoms with Crippen molar-refractivity contribution in [1.82, 2.24) is 4.57 Å². The number of sulfone groups is 1. The van der Waals surface area contributed by atoms with E-state index in [0.29, 0.717) is 16.9 Å². The smallest absolute Gasteiger partial charge is 0.339 e. The van der Waals surface area contributed by atoms with Gasteiger partial charge in [-0.05, 0) is 66.9 Å². The number of hydrogen-bond donors (Lipinski definition) is 0. The van der Waals surface area contributed by atoms with Gasteiger partial charge in [0.15, 0.2) is 9.84 Å². The van der Waals surface area contributed by atoms with Gasteiger partial charge in [-0.2, -0.15) is 0 Å². The van der Waals surface area contributed by atoms with Crippen molar-refractivity contribution in [2.45, 2.75) is 18.7 Å². The second-order valence-corrected chi connectivity index (χ2v) is 10.2. The van der Waals surface area contributed by atoms with Crippen LogP contribution in [0.25, 0.3) is 28.1 Å². The molecule has 35 heavy (non-hydrogen) atoms. The standard InChI is InChI=1S/C28H27NO5S/c1-5-34-28(30)26-18-27(29(19(26)2)23-7-6-8-25(17-23)35(4,31)32)22-11-9-20(10-12-22)21-13-15-24(33-3)16-14-21/h6-18H,5H2,1-4H3. The Bertz CT molecular complexity index is 1470. The molecule has 6 nitrogen and oxygen atoms in total. The zero-order chi connectivity index (χ0) is 25.2. The summed E-state index contributed by atoms with van der Waals surface area (Å²) < 4.78 is 36.7. The number of carbonyl (C=O) groups excluding carboxylic acids is 1. The lowest BCUT2D eigenvalue weighted by Crippen LogP contribution is -2.07. The quantitative estimate of drug-likeness (QED) is 0.311. The van der Waals surface area contributed by atoms with Crippen LogP contribution >= 0.6 is 0 Å². The van der Waals surface area contributed by atoms with Crippen molar-refractivity contribution in [2.75, 3.05) is 20.0 Å². The van der Waals surface area contributed by atoms with Crippen molar-refractivity contribution in [3.63, 3.8) is 0 Å². The Labute approximate surface area is 205 Å². The second kappa shape index (κ2) is 9.80. The molecule has 0 spiro atoms. The van der Waals surface area contributed by atoms with Crippen molar-refractivity contribution >= 4 is 15.8 Å². The molecule has 1 heterocycles. The zero-order valence-electron chi connectivity index (χ0n) is 20.1. The molecule has 0 aliphatic rings. The zero-order valence-corrected chi connectivity index (χ0v) is 20.9. The predicted molar refractivity (Wildman–Crippen MR) is 137 cm³/mol. The summed E-state index contributed by atoms with van der Waals surface area (Å²) in [7, 11) is -1.76. The van der Waals surface area contributed by atoms with Gasteiger partial charge in [-0.25, -0.2) is 13.2 Å². The van der Waals surface area contributed by atoms with Crippen LogP contribution in [-0.4, -0.2) is 38.9 Å². The maximum atomic E-state index is 12.7. The molecule has 4 rings (SSSR count). The number of methoxy groups -OCH3 is 1. The maximum absolute atomic E-state index is 12.7. The maximum Gasteiger partial charge on any atom is 0.339 e. The van der Waals surface area contributed by atoms with Gasteiger partial charge >= 0.3 is 5.97 Å². The molecule has 4 aromatic rings. The van der Waals surface area contributed by atoms with E-state index in [-0.39, 0.29) is 11.5 Å². The van der Waals surface area contributed by atoms with Gasteiger partial charge in [0.1, 0.15) is 5.75 Å². The van der Waals surface area contributed by atoms with Gasteiger partial charge in [-0.3, -0.25) is 0 Å². The van der Waals surface area contributed by atoms with Crippen LogP contribution in [-0.2, 0) is 14.6 Å². The number of nitrogens with zero attached hydrogens (tertiary/aromatic N) is 1. The number of esters is 1. The molecule has 0 saturated heterocycles. The van der Waals surface area contributed by atoms with E-state index in [1.165, 1.54) is 6.26 Å². The monoisotopic (exact) mass is 489 g/mol. The highest BCUT2D eigenvalue weighted by molar-refractivity contribution is 7.90. The van der Waals surface area contributed by atoms with Crippen molar-refractivity contribution in [3.05, 3.63) is 90.1 Å². The van der Waals surface area contributed by atoms with Gasteiger partial charge in [0.25, 0.3) is 0 Å². The van der Waals surface area contributed by atoms with Crippen LogP contribution in [0.4, 0.5) is 0 Å². The van der Waals surface area contributed by atoms with E-state index in [1.54, 1.807) is 38.3 Å². The Hall–Kier alpha value is -3.84. The molecule has 0 saturated carbocycles. The fourth-order valence-corrected chi connectivity index (χ4v) is 4.70. The van der Waals surface area contributed by atoms with Crippen LogP contribution in [0.5, 0.6) is 5.75 Å². The average Bonchev–Trinajstić information content (AvgIpc) is 3.21. The summed E-state index contributed by atoms with van der Waals surface area (Å²) in [4.78, 5) is 12.9. The van der Waals surface area contributed by atoms with E-state index >= 15 is 0 Å². The fourth-order valence-electron chi connectivity index (χ4n) is 4.04. The number of hydrogen-bond acceptors (Lipinski definition) is 5. The van der Waals surface area contributed by atoms with E-state index in [0.717, 1.165) is 28.1 Å². The first-order valence-corrected chi connectivity index (χ1v) is 13.1. The third-order valence-electron chi connectivity index (χ3n) is 5.85. The SMILES string of the molecule is CCOC(=O)c1cc(-c2ccc(-c3ccc(OC)cc3)cc2)n(-c2cccc(S(C)(=O)=O)c2)c1C. The van der Waals surface area contributed by atoms with E-state index in [2.05, 4.69) is 0 Å². The summed E-state index contributed by atoms with van der Waals surface area (Å²) in [5.41, 5.74) is 5.49. The highest BCUT2D eigenvalue weighted by Gasteiger charge is 2.21. The molecular formula is C28H27NO5S. The molecule has 0 amide bonds. The summed E-state index contributed by atoms with van der Waals surface area (Å²) in [5, 5.41) is 0. The van der Waals surface area contributed by atoms with Gasteiger partial charge in [-0.1, -0.05) is 42.5 Å². The van der Waals surface area contributed by atoms with Crippen LogP contribution in [0.1, 0.15) is 23.0 Å². The third-order valence-corrected chi connectivity index (χ3v) is 6.96. The first kappa shape index (κ1) is 24.3. The largest absolute Gasteiger partial charge is 0.497 e. The number of ether oxygens (including phenoxy) is 2. The lowest BCUT2D eigenvalue weighted by Gasteiger charge is -2.14. The van der Waals surface area contributed by atoms with Crippen LogP contribution in [0.3, 0.4) is 0 Å². The van der Waals surface area contributed by atoms with Crippen LogP contribution in [0, 0.1) is 6.92 Å². The Kier molecular flexibility index (Phi) is 6.80. The van der Waals surface area contributed by atoms with Crippen LogP contribution in [0.15, 0.2) is 83.8 Å². The normalized spacial score (nSPS) is 11.3. The van der Waals surface area contributed by atoms with Crippen LogP contribution in [0.2, 0.25) is 0 Å². The first-order valence-electron chi connectivity index (χ1n) is 11.2. The molecule has 7 heteroatoms. The van der Waals surface area contributed by atoms with Gasteiger partial charge in [0, 0.05) is 17.6 Å². The lowest BCUT2D eigenvalue weighted by atomic mass is 10.0. The molecule has 0 fully saturated rings. The molecule has 0 atom stereocenters. The van der Waals surface area contributed by atoms with Crippen molar-refractivity contribution in [3.8, 4) is 33.8 Å². The predicted octanol–water partition coefficient (Wildman–Crippen LogP) is 5.71. The molecule has 0 unspecified atom stereocenters. The minimum Gasteiger partial charge on any atom is -0.497 e. The molecule has 0 N–H and O–H groups in total. The molecule has 0 aliphatic heterocycles. The van der Waals surface area contributed by atoms with Gasteiger partial charge < -0.3 is 14.0 Å². The minimum absolute atomic E-state index is 0.210. The van der Waals surface area contributed by atoms with E-state index in [4.69, 9.17) is 9.47 Å². The van der Waals surface area contributed by atoms with E-state index in [9.17, 15) is 13.2 Å². The third kappa shape index (κ3) is 5.00. The summed E-state index contributed by atoms with van der Waals surface area (Å²) in [6.45, 7) is 3.85. The molecule has 1 aromatic heterocycles. The lowest BCUT2D eigenvalue weighted by molar-refractivity contribution is 0.0525. The molecule has 0 bridgehead atoms. The summed E-state index contributed by atoms with van der Waals surface area (Å²) in [6, 6.07) is 24.3. The van der Waals surface area contributed by atoms with E-state index in [1.807, 2.05) is 66.1 Å². The minimum atomic E-state index is -3.40. The van der Waals surface area contributed by atoms with Crippen molar-refractivity contribution < 1.29 is 22.7 Å². The molecular weight excluding hydrogens is 462 g/mol. The number of rotatable bonds is 7. The summed E-state index contributed by atoms with van der Waals surface area (Å²) >= 11 is 0. The molecule has 0 radical (unpaired) electrons. The first-order chi connectivity index (χ1) is 16.7. The summed E-state index contributed by atoms with van der Waals surface area (Å²) in [6.07, 6.45) is 1.18. The average molecular weight is 490 g/mol. The Balaban J connectivity index is 1.83.